The van der Waals surface area contributed by atoms with E-state index in [0.29, 0.717) is 13.2 Å². The first kappa shape index (κ1) is 28.9. The van der Waals surface area contributed by atoms with Crippen molar-refractivity contribution >= 4 is 11.9 Å². The minimum atomic E-state index is -0.636. The number of hydrogen-bond donors (Lipinski definition) is 2. The van der Waals surface area contributed by atoms with Crippen LogP contribution in [0.2, 0.25) is 0 Å². The highest BCUT2D eigenvalue weighted by molar-refractivity contribution is 5.77. The van der Waals surface area contributed by atoms with E-state index in [1.807, 2.05) is 62.4 Å². The van der Waals surface area contributed by atoms with Crippen LogP contribution in [0.5, 0.6) is 11.5 Å². The molecule has 0 saturated carbocycles. The number of esters is 2. The van der Waals surface area contributed by atoms with Gasteiger partial charge in [-0.15, -0.1) is 0 Å². The fourth-order valence-electron chi connectivity index (χ4n) is 3.11. The Labute approximate surface area is 202 Å². The van der Waals surface area contributed by atoms with Gasteiger partial charge in [-0.3, -0.25) is 9.59 Å². The first-order valence-electron chi connectivity index (χ1n) is 11.3. The SMILES string of the molecule is CCOC(=O)[C@@H](N)[C@@H](C)c1ccc(OC)cc1.CCOC(=O)[C@H](N)[C@H](C)c1ccc(OC)cc1. The van der Waals surface area contributed by atoms with Gasteiger partial charge in [0.15, 0.2) is 0 Å². The molecular formula is C26H38N2O6. The summed E-state index contributed by atoms with van der Waals surface area (Å²) in [5.41, 5.74) is 13.7. The van der Waals surface area contributed by atoms with Crippen molar-refractivity contribution in [1.29, 1.82) is 0 Å². The van der Waals surface area contributed by atoms with Gasteiger partial charge in [0.25, 0.3) is 0 Å². The van der Waals surface area contributed by atoms with E-state index in [2.05, 4.69) is 0 Å². The van der Waals surface area contributed by atoms with Crippen molar-refractivity contribution in [3.05, 3.63) is 59.7 Å². The Morgan fingerprint density at radius 1 is 0.676 bits per heavy atom. The second-order valence-corrected chi connectivity index (χ2v) is 7.68. The molecule has 8 nitrogen and oxygen atoms in total. The molecule has 2 aromatic rings. The Morgan fingerprint density at radius 2 is 0.971 bits per heavy atom. The Balaban J connectivity index is 0.000000340. The molecule has 4 N–H and O–H groups in total. The zero-order chi connectivity index (χ0) is 25.7. The van der Waals surface area contributed by atoms with E-state index < -0.39 is 12.1 Å². The number of methoxy groups -OCH3 is 2. The minimum Gasteiger partial charge on any atom is -0.497 e. The summed E-state index contributed by atoms with van der Waals surface area (Å²) in [5, 5.41) is 0. The molecule has 188 valence electrons. The van der Waals surface area contributed by atoms with Crippen LogP contribution >= 0.6 is 0 Å². The molecule has 4 atom stereocenters. The van der Waals surface area contributed by atoms with Gasteiger partial charge in [0.2, 0.25) is 0 Å². The van der Waals surface area contributed by atoms with Crippen LogP contribution in [-0.4, -0.2) is 51.5 Å². The molecule has 0 radical (unpaired) electrons. The quantitative estimate of drug-likeness (QED) is 0.503. The molecule has 0 bridgehead atoms. The highest BCUT2D eigenvalue weighted by Gasteiger charge is 2.24. The van der Waals surface area contributed by atoms with Crippen molar-refractivity contribution in [3.63, 3.8) is 0 Å². The molecule has 0 amide bonds. The molecule has 2 aromatic carbocycles. The summed E-state index contributed by atoms with van der Waals surface area (Å²) >= 11 is 0. The van der Waals surface area contributed by atoms with Crippen LogP contribution in [0.25, 0.3) is 0 Å². The van der Waals surface area contributed by atoms with Crippen molar-refractivity contribution in [2.45, 2.75) is 51.6 Å². The van der Waals surface area contributed by atoms with Gasteiger partial charge < -0.3 is 30.4 Å². The van der Waals surface area contributed by atoms with Gasteiger partial charge in [-0.05, 0) is 49.2 Å². The van der Waals surface area contributed by atoms with Gasteiger partial charge in [0.05, 0.1) is 27.4 Å². The predicted octanol–water partition coefficient (Wildman–Crippen LogP) is 3.38. The van der Waals surface area contributed by atoms with E-state index in [9.17, 15) is 9.59 Å². The third-order valence-corrected chi connectivity index (χ3v) is 5.48. The van der Waals surface area contributed by atoms with E-state index in [1.54, 1.807) is 28.1 Å². The van der Waals surface area contributed by atoms with Gasteiger partial charge in [-0.2, -0.15) is 0 Å². The maximum absolute atomic E-state index is 11.5. The lowest BCUT2D eigenvalue weighted by Gasteiger charge is -2.18. The van der Waals surface area contributed by atoms with Crippen LogP contribution in [-0.2, 0) is 19.1 Å². The standard InChI is InChI=1S/2C13H19NO3/c2*1-4-17-13(15)12(14)9(2)10-5-7-11(16-3)8-6-10/h2*5-9,12H,4,14H2,1-3H3/t2*9-,12-/m10/s1. The summed E-state index contributed by atoms with van der Waals surface area (Å²) in [7, 11) is 3.23. The van der Waals surface area contributed by atoms with Crippen LogP contribution in [0.1, 0.15) is 50.7 Å². The summed E-state index contributed by atoms with van der Waals surface area (Å²) in [6, 6.07) is 13.8. The molecule has 2 rings (SSSR count). The van der Waals surface area contributed by atoms with Gasteiger partial charge >= 0.3 is 11.9 Å². The van der Waals surface area contributed by atoms with Crippen molar-refractivity contribution in [2.24, 2.45) is 11.5 Å². The fourth-order valence-corrected chi connectivity index (χ4v) is 3.11. The van der Waals surface area contributed by atoms with E-state index >= 15 is 0 Å². The van der Waals surface area contributed by atoms with E-state index in [-0.39, 0.29) is 23.8 Å². The lowest BCUT2D eigenvalue weighted by Crippen LogP contribution is -2.37. The number of hydrogen-bond acceptors (Lipinski definition) is 8. The van der Waals surface area contributed by atoms with Crippen molar-refractivity contribution in [1.82, 2.24) is 0 Å². The number of carbonyl (C=O) groups excluding carboxylic acids is 2. The molecule has 34 heavy (non-hydrogen) atoms. The second kappa shape index (κ2) is 14.9. The Bertz CT molecular complexity index is 796. The zero-order valence-corrected chi connectivity index (χ0v) is 20.9. The van der Waals surface area contributed by atoms with Crippen molar-refractivity contribution < 1.29 is 28.5 Å². The average molecular weight is 475 g/mol. The van der Waals surface area contributed by atoms with Crippen LogP contribution in [0.4, 0.5) is 0 Å². The zero-order valence-electron chi connectivity index (χ0n) is 20.9. The summed E-state index contributed by atoms with van der Waals surface area (Å²) in [4.78, 5) is 23.0. The summed E-state index contributed by atoms with van der Waals surface area (Å²) < 4.78 is 20.0. The Morgan fingerprint density at radius 3 is 1.21 bits per heavy atom. The first-order valence-corrected chi connectivity index (χ1v) is 11.3. The predicted molar refractivity (Wildman–Crippen MR) is 132 cm³/mol. The first-order chi connectivity index (χ1) is 16.2. The summed E-state index contributed by atoms with van der Waals surface area (Å²) in [6.45, 7) is 8.04. The van der Waals surface area contributed by atoms with Crippen molar-refractivity contribution in [3.8, 4) is 11.5 Å². The van der Waals surface area contributed by atoms with Gasteiger partial charge in [0.1, 0.15) is 23.6 Å². The largest absolute Gasteiger partial charge is 0.497 e. The third kappa shape index (κ3) is 8.68. The summed E-state index contributed by atoms with van der Waals surface area (Å²) in [5.74, 6) is 0.669. The van der Waals surface area contributed by atoms with Crippen LogP contribution in [0.15, 0.2) is 48.5 Å². The van der Waals surface area contributed by atoms with Gasteiger partial charge in [0, 0.05) is 11.8 Å². The van der Waals surface area contributed by atoms with Gasteiger partial charge in [-0.1, -0.05) is 38.1 Å². The highest BCUT2D eigenvalue weighted by Crippen LogP contribution is 2.22. The second-order valence-electron chi connectivity index (χ2n) is 7.68. The van der Waals surface area contributed by atoms with Crippen LogP contribution in [0.3, 0.4) is 0 Å². The third-order valence-electron chi connectivity index (χ3n) is 5.48. The molecule has 0 heterocycles. The lowest BCUT2D eigenvalue weighted by molar-refractivity contribution is -0.146. The van der Waals surface area contributed by atoms with Gasteiger partial charge in [-0.25, -0.2) is 0 Å². The number of nitrogens with two attached hydrogens (primary N) is 2. The molecule has 0 aliphatic rings. The topological polar surface area (TPSA) is 123 Å². The Hall–Kier alpha value is -3.10. The molecule has 0 aliphatic heterocycles. The maximum atomic E-state index is 11.5. The fraction of sp³-hybridized carbons (Fsp3) is 0.462. The highest BCUT2D eigenvalue weighted by atomic mass is 16.5. The Kier molecular flexibility index (Phi) is 12.7. The van der Waals surface area contributed by atoms with Crippen LogP contribution < -0.4 is 20.9 Å². The van der Waals surface area contributed by atoms with Crippen LogP contribution in [0, 0.1) is 0 Å². The molecule has 8 heteroatoms. The van der Waals surface area contributed by atoms with E-state index in [4.69, 9.17) is 30.4 Å². The number of carbonyl (C=O) groups is 2. The molecule has 0 spiro atoms. The lowest BCUT2D eigenvalue weighted by atomic mass is 9.94. The summed E-state index contributed by atoms with van der Waals surface area (Å²) in [6.07, 6.45) is 0. The van der Waals surface area contributed by atoms with E-state index in [0.717, 1.165) is 22.6 Å². The van der Waals surface area contributed by atoms with E-state index in [1.165, 1.54) is 0 Å². The number of rotatable bonds is 10. The molecule has 0 aliphatic carbocycles. The molecule has 0 aromatic heterocycles. The monoisotopic (exact) mass is 474 g/mol. The number of benzene rings is 2. The molecular weight excluding hydrogens is 436 g/mol. The molecule has 0 saturated heterocycles. The number of ether oxygens (including phenoxy) is 4. The average Bonchev–Trinajstić information content (AvgIpc) is 2.87. The maximum Gasteiger partial charge on any atom is 0.323 e. The molecule has 0 unspecified atom stereocenters. The van der Waals surface area contributed by atoms with Crippen molar-refractivity contribution in [2.75, 3.05) is 27.4 Å². The molecule has 0 fully saturated rings. The minimum absolute atomic E-state index is 0.0834. The smallest absolute Gasteiger partial charge is 0.323 e. The normalized spacial score (nSPS) is 13.9.